The summed E-state index contributed by atoms with van der Waals surface area (Å²) in [6.07, 6.45) is 0. The van der Waals surface area contributed by atoms with Crippen LogP contribution in [-0.4, -0.2) is 15.5 Å². The molecule has 0 bridgehead atoms. The maximum atomic E-state index is 12.9. The summed E-state index contributed by atoms with van der Waals surface area (Å²) in [5.74, 6) is 1.12. The van der Waals surface area contributed by atoms with Gasteiger partial charge in [0.2, 0.25) is 0 Å². The molecule has 0 radical (unpaired) electrons. The van der Waals surface area contributed by atoms with Gasteiger partial charge < -0.3 is 9.47 Å². The summed E-state index contributed by atoms with van der Waals surface area (Å²) >= 11 is 0. The summed E-state index contributed by atoms with van der Waals surface area (Å²) in [4.78, 5) is 0.0641. The lowest BCUT2D eigenvalue weighted by molar-refractivity contribution is 0.379. The van der Waals surface area contributed by atoms with Crippen LogP contribution in [-0.2, 0) is 10.0 Å². The van der Waals surface area contributed by atoms with Crippen LogP contribution in [0, 0.1) is 5.82 Å². The molecule has 0 aliphatic carbocycles. The van der Waals surface area contributed by atoms with Crippen molar-refractivity contribution in [2.24, 2.45) is 0 Å². The molecule has 1 N–H and O–H groups in total. The van der Waals surface area contributed by atoms with E-state index in [1.165, 1.54) is 36.4 Å². The minimum absolute atomic E-state index is 0.0641. The van der Waals surface area contributed by atoms with E-state index in [0.717, 1.165) is 0 Å². The molecular weight excluding hydrogens is 357 g/mol. The van der Waals surface area contributed by atoms with Crippen molar-refractivity contribution in [2.45, 2.75) is 4.90 Å². The number of halogens is 1. The Morgan fingerprint density at radius 2 is 1.46 bits per heavy atom. The zero-order chi connectivity index (χ0) is 18.6. The molecule has 0 aliphatic rings. The molecule has 0 fully saturated rings. The van der Waals surface area contributed by atoms with Gasteiger partial charge in [0, 0.05) is 5.69 Å². The minimum Gasteiger partial charge on any atom is -0.493 e. The maximum Gasteiger partial charge on any atom is 0.261 e. The van der Waals surface area contributed by atoms with E-state index >= 15 is 0 Å². The first kappa shape index (κ1) is 17.8. The Bertz CT molecular complexity index is 987. The van der Waals surface area contributed by atoms with Crippen molar-refractivity contribution in [3.63, 3.8) is 0 Å². The summed E-state index contributed by atoms with van der Waals surface area (Å²) in [5.41, 5.74) is 0.278. The van der Waals surface area contributed by atoms with Crippen molar-refractivity contribution in [3.05, 3.63) is 78.6 Å². The van der Waals surface area contributed by atoms with Gasteiger partial charge in [-0.25, -0.2) is 12.8 Å². The lowest BCUT2D eigenvalue weighted by atomic mass is 10.3. The molecule has 0 amide bonds. The van der Waals surface area contributed by atoms with Gasteiger partial charge in [-0.3, -0.25) is 4.72 Å². The number of sulfonamides is 1. The van der Waals surface area contributed by atoms with E-state index in [0.29, 0.717) is 17.2 Å². The van der Waals surface area contributed by atoms with Crippen LogP contribution < -0.4 is 14.2 Å². The summed E-state index contributed by atoms with van der Waals surface area (Å²) < 4.78 is 51.0. The van der Waals surface area contributed by atoms with Crippen LogP contribution in [0.3, 0.4) is 0 Å². The topological polar surface area (TPSA) is 64.6 Å². The van der Waals surface area contributed by atoms with Gasteiger partial charge in [0.15, 0.2) is 11.5 Å². The number of hydrogen-bond donors (Lipinski definition) is 1. The summed E-state index contributed by atoms with van der Waals surface area (Å²) in [5, 5.41) is 0. The van der Waals surface area contributed by atoms with E-state index in [1.54, 1.807) is 31.4 Å². The first-order valence-corrected chi connectivity index (χ1v) is 9.15. The standard InChI is InChI=1S/C19H16FNO4S/c1-24-18-4-2-3-5-19(18)25-16-10-12-17(13-11-16)26(22,23)21-15-8-6-14(20)7-9-15/h2-13,21H,1H3. The Morgan fingerprint density at radius 1 is 0.846 bits per heavy atom. The van der Waals surface area contributed by atoms with Gasteiger partial charge in [0.05, 0.1) is 12.0 Å². The molecule has 3 aromatic carbocycles. The van der Waals surface area contributed by atoms with Gasteiger partial charge in [-0.2, -0.15) is 0 Å². The van der Waals surface area contributed by atoms with Crippen LogP contribution in [0.2, 0.25) is 0 Å². The smallest absolute Gasteiger partial charge is 0.261 e. The highest BCUT2D eigenvalue weighted by Gasteiger charge is 2.14. The van der Waals surface area contributed by atoms with Crippen molar-refractivity contribution < 1.29 is 22.3 Å². The van der Waals surface area contributed by atoms with Crippen LogP contribution in [0.15, 0.2) is 77.7 Å². The second-order valence-electron chi connectivity index (χ2n) is 5.34. The van der Waals surface area contributed by atoms with Gasteiger partial charge in [0.25, 0.3) is 10.0 Å². The number of rotatable bonds is 6. The molecular formula is C19H16FNO4S. The van der Waals surface area contributed by atoms with Crippen LogP contribution in [0.25, 0.3) is 0 Å². The van der Waals surface area contributed by atoms with Crippen LogP contribution in [0.5, 0.6) is 17.2 Å². The number of nitrogens with one attached hydrogen (secondary N) is 1. The number of methoxy groups -OCH3 is 1. The zero-order valence-electron chi connectivity index (χ0n) is 13.8. The average molecular weight is 373 g/mol. The Balaban J connectivity index is 1.77. The summed E-state index contributed by atoms with van der Waals surface area (Å²) in [6, 6.07) is 18.2. The Morgan fingerprint density at radius 3 is 2.08 bits per heavy atom. The van der Waals surface area contributed by atoms with Gasteiger partial charge in [0.1, 0.15) is 11.6 Å². The molecule has 0 heterocycles. The largest absolute Gasteiger partial charge is 0.493 e. The van der Waals surface area contributed by atoms with E-state index in [1.807, 2.05) is 12.1 Å². The first-order valence-electron chi connectivity index (χ1n) is 7.67. The summed E-state index contributed by atoms with van der Waals surface area (Å²) in [6.45, 7) is 0. The fourth-order valence-corrected chi connectivity index (χ4v) is 3.31. The fraction of sp³-hybridized carbons (Fsp3) is 0.0526. The third-order valence-corrected chi connectivity index (χ3v) is 4.92. The van der Waals surface area contributed by atoms with Gasteiger partial charge in [-0.1, -0.05) is 12.1 Å². The average Bonchev–Trinajstić information content (AvgIpc) is 2.64. The molecule has 3 rings (SSSR count). The lowest BCUT2D eigenvalue weighted by Crippen LogP contribution is -2.12. The highest BCUT2D eigenvalue weighted by molar-refractivity contribution is 7.92. The molecule has 0 spiro atoms. The Hall–Kier alpha value is -3.06. The molecule has 5 nitrogen and oxygen atoms in total. The van der Waals surface area contributed by atoms with Crippen molar-refractivity contribution in [3.8, 4) is 17.2 Å². The molecule has 0 aliphatic heterocycles. The number of benzene rings is 3. The van der Waals surface area contributed by atoms with E-state index in [2.05, 4.69) is 4.72 Å². The van der Waals surface area contributed by atoms with Gasteiger partial charge >= 0.3 is 0 Å². The predicted octanol–water partition coefficient (Wildman–Crippen LogP) is 4.43. The highest BCUT2D eigenvalue weighted by Crippen LogP contribution is 2.31. The first-order chi connectivity index (χ1) is 12.5. The lowest BCUT2D eigenvalue weighted by Gasteiger charge is -2.11. The third kappa shape index (κ3) is 4.12. The number of para-hydroxylation sites is 2. The summed E-state index contributed by atoms with van der Waals surface area (Å²) in [7, 11) is -2.24. The van der Waals surface area contributed by atoms with Crippen molar-refractivity contribution >= 4 is 15.7 Å². The van der Waals surface area contributed by atoms with E-state index in [4.69, 9.17) is 9.47 Å². The van der Waals surface area contributed by atoms with E-state index < -0.39 is 15.8 Å². The molecule has 26 heavy (non-hydrogen) atoms. The second-order valence-corrected chi connectivity index (χ2v) is 7.02. The number of hydrogen-bond acceptors (Lipinski definition) is 4. The predicted molar refractivity (Wildman–Crippen MR) is 96.7 cm³/mol. The monoisotopic (exact) mass is 373 g/mol. The van der Waals surface area contributed by atoms with Crippen molar-refractivity contribution in [1.82, 2.24) is 0 Å². The van der Waals surface area contributed by atoms with Crippen molar-refractivity contribution in [2.75, 3.05) is 11.8 Å². The molecule has 0 saturated carbocycles. The fourth-order valence-electron chi connectivity index (χ4n) is 2.25. The third-order valence-electron chi connectivity index (χ3n) is 3.53. The SMILES string of the molecule is COc1ccccc1Oc1ccc(S(=O)(=O)Nc2ccc(F)cc2)cc1. The van der Waals surface area contributed by atoms with Crippen LogP contribution in [0.4, 0.5) is 10.1 Å². The highest BCUT2D eigenvalue weighted by atomic mass is 32.2. The number of ether oxygens (including phenoxy) is 2. The molecule has 134 valence electrons. The molecule has 7 heteroatoms. The molecule has 0 atom stereocenters. The Labute approximate surface area is 151 Å². The Kier molecular flexibility index (Phi) is 5.09. The van der Waals surface area contributed by atoms with Gasteiger partial charge in [-0.15, -0.1) is 0 Å². The molecule has 3 aromatic rings. The van der Waals surface area contributed by atoms with E-state index in [9.17, 15) is 12.8 Å². The minimum atomic E-state index is -3.78. The molecule has 0 unspecified atom stereocenters. The normalized spacial score (nSPS) is 11.0. The van der Waals surface area contributed by atoms with Gasteiger partial charge in [-0.05, 0) is 60.7 Å². The number of anilines is 1. The van der Waals surface area contributed by atoms with Crippen LogP contribution in [0.1, 0.15) is 0 Å². The van der Waals surface area contributed by atoms with E-state index in [-0.39, 0.29) is 10.6 Å². The molecule has 0 aromatic heterocycles. The van der Waals surface area contributed by atoms with Crippen molar-refractivity contribution in [1.29, 1.82) is 0 Å². The molecule has 0 saturated heterocycles. The maximum absolute atomic E-state index is 12.9. The quantitative estimate of drug-likeness (QED) is 0.694. The zero-order valence-corrected chi connectivity index (χ0v) is 14.7. The second kappa shape index (κ2) is 7.45. The van der Waals surface area contributed by atoms with Crippen LogP contribution >= 0.6 is 0 Å².